The summed E-state index contributed by atoms with van der Waals surface area (Å²) in [7, 11) is 0. The van der Waals surface area contributed by atoms with Crippen LogP contribution in [0.1, 0.15) is 22.4 Å². The number of amides is 1. The van der Waals surface area contributed by atoms with Crippen molar-refractivity contribution in [3.63, 3.8) is 0 Å². The van der Waals surface area contributed by atoms with Gasteiger partial charge >= 0.3 is 0 Å². The van der Waals surface area contributed by atoms with Gasteiger partial charge in [0.15, 0.2) is 11.6 Å². The van der Waals surface area contributed by atoms with Crippen LogP contribution >= 0.6 is 12.2 Å². The molecule has 0 unspecified atom stereocenters. The van der Waals surface area contributed by atoms with Gasteiger partial charge in [0.25, 0.3) is 0 Å². The number of nitrogens with two attached hydrogens (primary N) is 1. The minimum atomic E-state index is -0.747. The van der Waals surface area contributed by atoms with Gasteiger partial charge in [0, 0.05) is 22.7 Å². The Bertz CT molecular complexity index is 1010. The lowest BCUT2D eigenvalue weighted by atomic mass is 10.1. The second kappa shape index (κ2) is 6.29. The van der Waals surface area contributed by atoms with Crippen LogP contribution in [0.25, 0.3) is 10.9 Å². The molecule has 3 N–H and O–H groups in total. The molecule has 3 aromatic rings. The number of hydrogen-bond acceptors (Lipinski definition) is 3. The van der Waals surface area contributed by atoms with Crippen LogP contribution < -0.4 is 5.73 Å². The number of aromatic nitrogens is 1. The normalized spacial score (nSPS) is 11.0. The number of aromatic hydroxyl groups is 1. The predicted octanol–water partition coefficient (Wildman–Crippen LogP) is 3.35. The van der Waals surface area contributed by atoms with Gasteiger partial charge < -0.3 is 15.4 Å². The van der Waals surface area contributed by atoms with E-state index in [1.54, 1.807) is 11.5 Å². The maximum Gasteiger partial charge on any atom is 0.221 e. The second-order valence-corrected chi connectivity index (χ2v) is 6.42. The number of hydrogen-bond donors (Lipinski definition) is 2. The Morgan fingerprint density at radius 2 is 1.88 bits per heavy atom. The summed E-state index contributed by atoms with van der Waals surface area (Å²) in [6.07, 6.45) is -0.0169. The molecule has 1 heterocycles. The zero-order valence-corrected chi connectivity index (χ0v) is 14.7. The van der Waals surface area contributed by atoms with E-state index in [2.05, 4.69) is 0 Å². The lowest BCUT2D eigenvalue weighted by Crippen LogP contribution is -2.16. The maximum atomic E-state index is 14.0. The molecule has 0 spiro atoms. The van der Waals surface area contributed by atoms with Crippen LogP contribution in [0.2, 0.25) is 0 Å². The Hall–Kier alpha value is -2.73. The highest BCUT2D eigenvalue weighted by Gasteiger charge is 2.20. The van der Waals surface area contributed by atoms with Crippen LogP contribution in [0.4, 0.5) is 4.39 Å². The highest BCUT2D eigenvalue weighted by Crippen LogP contribution is 2.32. The van der Waals surface area contributed by atoms with E-state index in [1.165, 1.54) is 12.1 Å². The second-order valence-electron chi connectivity index (χ2n) is 6.03. The molecule has 0 aliphatic rings. The van der Waals surface area contributed by atoms with Crippen molar-refractivity contribution in [3.05, 3.63) is 64.6 Å². The molecule has 0 fully saturated rings. The molecule has 0 radical (unpaired) electrons. The Balaban J connectivity index is 2.28. The van der Waals surface area contributed by atoms with Gasteiger partial charge in [-0.1, -0.05) is 42.0 Å². The molecule has 0 bridgehead atoms. The Labute approximate surface area is 149 Å². The van der Waals surface area contributed by atoms with Crippen LogP contribution in [-0.2, 0) is 11.2 Å². The van der Waals surface area contributed by atoms with Crippen molar-refractivity contribution in [2.24, 2.45) is 5.73 Å². The molecule has 3 rings (SSSR count). The van der Waals surface area contributed by atoms with Gasteiger partial charge in [-0.15, -0.1) is 0 Å². The third-order valence-electron chi connectivity index (χ3n) is 4.26. The molecule has 0 aliphatic heterocycles. The minimum absolute atomic E-state index is 0.0169. The molecule has 128 valence electrons. The number of benzene rings is 2. The molecule has 1 aromatic heterocycles. The smallest absolute Gasteiger partial charge is 0.221 e. The third-order valence-corrected chi connectivity index (χ3v) is 4.67. The van der Waals surface area contributed by atoms with E-state index in [0.29, 0.717) is 27.1 Å². The van der Waals surface area contributed by atoms with Crippen molar-refractivity contribution in [2.45, 2.75) is 20.3 Å². The molecule has 25 heavy (non-hydrogen) atoms. The van der Waals surface area contributed by atoms with E-state index in [-0.39, 0.29) is 6.42 Å². The van der Waals surface area contributed by atoms with E-state index in [4.69, 9.17) is 18.0 Å². The number of aryl methyl sites for hydroxylation is 1. The number of carbonyl (C=O) groups excluding carboxylic acids is 1. The van der Waals surface area contributed by atoms with Crippen molar-refractivity contribution < 1.29 is 14.3 Å². The molecule has 6 heteroatoms. The summed E-state index contributed by atoms with van der Waals surface area (Å²) in [6, 6.07) is 10.2. The van der Waals surface area contributed by atoms with Crippen LogP contribution in [0, 0.1) is 19.7 Å². The molecule has 4 nitrogen and oxygen atoms in total. The first-order chi connectivity index (χ1) is 11.8. The molecule has 0 atom stereocenters. The number of phenols is 1. The topological polar surface area (TPSA) is 68.2 Å². The van der Waals surface area contributed by atoms with E-state index >= 15 is 0 Å². The quantitative estimate of drug-likeness (QED) is 0.707. The van der Waals surface area contributed by atoms with E-state index in [1.807, 2.05) is 31.2 Å². The monoisotopic (exact) mass is 356 g/mol. The fourth-order valence-corrected chi connectivity index (χ4v) is 3.34. The van der Waals surface area contributed by atoms with Crippen molar-refractivity contribution in [2.75, 3.05) is 0 Å². The third kappa shape index (κ3) is 3.00. The summed E-state index contributed by atoms with van der Waals surface area (Å²) in [5, 5.41) is 10.3. The van der Waals surface area contributed by atoms with Gasteiger partial charge in [-0.05, 0) is 25.5 Å². The molecular formula is C19H17FN2O2S. The van der Waals surface area contributed by atoms with E-state index in [9.17, 15) is 14.3 Å². The summed E-state index contributed by atoms with van der Waals surface area (Å²) in [6.45, 7) is 3.78. The number of carbonyl (C=O) groups is 1. The van der Waals surface area contributed by atoms with Gasteiger partial charge in [0.05, 0.1) is 11.9 Å². The first-order valence-electron chi connectivity index (χ1n) is 7.71. The Morgan fingerprint density at radius 1 is 1.24 bits per heavy atom. The Morgan fingerprint density at radius 3 is 2.48 bits per heavy atom. The average molecular weight is 356 g/mol. The van der Waals surface area contributed by atoms with Crippen molar-refractivity contribution in [1.82, 2.24) is 4.57 Å². The van der Waals surface area contributed by atoms with Crippen LogP contribution in [-0.4, -0.2) is 20.6 Å². The lowest BCUT2D eigenvalue weighted by molar-refractivity contribution is -0.117. The summed E-state index contributed by atoms with van der Waals surface area (Å²) in [4.78, 5) is 11.9. The fourth-order valence-electron chi connectivity index (χ4n) is 2.97. The molecule has 0 saturated carbocycles. The van der Waals surface area contributed by atoms with Gasteiger partial charge in [-0.25, -0.2) is 4.39 Å². The summed E-state index contributed by atoms with van der Waals surface area (Å²) < 4.78 is 15.7. The largest absolute Gasteiger partial charge is 0.505 e. The van der Waals surface area contributed by atoms with Crippen LogP contribution in [0.3, 0.4) is 0 Å². The number of fused-ring (bicyclic) bond motifs is 1. The highest BCUT2D eigenvalue weighted by atomic mass is 32.1. The standard InChI is InChI=1S/C19H17FN2O2S/c1-10-3-5-12(6-4-10)19(25)22-11(2)13(8-18(21)24)14-7-17(23)15(20)9-16(14)22/h3-7,9,23H,8H2,1-2H3,(H2,21,24). The van der Waals surface area contributed by atoms with Crippen molar-refractivity contribution in [1.29, 1.82) is 0 Å². The number of nitrogens with zero attached hydrogens (tertiary/aromatic N) is 1. The van der Waals surface area contributed by atoms with Crippen molar-refractivity contribution >= 4 is 34.0 Å². The predicted molar refractivity (Wildman–Crippen MR) is 99.5 cm³/mol. The summed E-state index contributed by atoms with van der Waals surface area (Å²) in [5.74, 6) is -1.73. The summed E-state index contributed by atoms with van der Waals surface area (Å²) in [5.41, 5.74) is 9.08. The number of phenolic OH excluding ortho intramolecular Hbond substituents is 1. The maximum absolute atomic E-state index is 14.0. The Kier molecular flexibility index (Phi) is 4.30. The zero-order valence-electron chi connectivity index (χ0n) is 13.8. The first kappa shape index (κ1) is 17.1. The summed E-state index contributed by atoms with van der Waals surface area (Å²) >= 11 is 5.61. The lowest BCUT2D eigenvalue weighted by Gasteiger charge is -2.11. The molecule has 0 aliphatic carbocycles. The van der Waals surface area contributed by atoms with Crippen LogP contribution in [0.5, 0.6) is 5.75 Å². The number of thiocarbonyl (C=S) groups is 1. The molecule has 1 amide bonds. The van der Waals surface area contributed by atoms with Gasteiger partial charge in [-0.3, -0.25) is 4.79 Å². The van der Waals surface area contributed by atoms with E-state index < -0.39 is 17.5 Å². The molecular weight excluding hydrogens is 339 g/mol. The zero-order chi connectivity index (χ0) is 18.3. The van der Waals surface area contributed by atoms with E-state index in [0.717, 1.165) is 11.1 Å². The van der Waals surface area contributed by atoms with Gasteiger partial charge in [0.1, 0.15) is 4.99 Å². The van der Waals surface area contributed by atoms with Crippen LogP contribution in [0.15, 0.2) is 36.4 Å². The molecule has 2 aromatic carbocycles. The SMILES string of the molecule is Cc1ccc(C(=S)n2c(C)c(CC(N)=O)c3cc(O)c(F)cc32)cc1. The highest BCUT2D eigenvalue weighted by molar-refractivity contribution is 7.80. The van der Waals surface area contributed by atoms with Crippen molar-refractivity contribution in [3.8, 4) is 5.75 Å². The van der Waals surface area contributed by atoms with Gasteiger partial charge in [-0.2, -0.15) is 0 Å². The first-order valence-corrected chi connectivity index (χ1v) is 8.12. The number of rotatable bonds is 3. The van der Waals surface area contributed by atoms with Gasteiger partial charge in [0.2, 0.25) is 5.91 Å². The number of primary amides is 1. The molecule has 0 saturated heterocycles. The average Bonchev–Trinajstić information content (AvgIpc) is 2.80. The minimum Gasteiger partial charge on any atom is -0.505 e. The fraction of sp³-hybridized carbons (Fsp3) is 0.158. The number of halogens is 1.